The van der Waals surface area contributed by atoms with Gasteiger partial charge >= 0.3 is 0 Å². The molecule has 7 nitrogen and oxygen atoms in total. The van der Waals surface area contributed by atoms with Crippen LogP contribution in [0.4, 0.5) is 0 Å². The van der Waals surface area contributed by atoms with Gasteiger partial charge in [0.05, 0.1) is 31.6 Å². The Bertz CT molecular complexity index is 1040. The van der Waals surface area contributed by atoms with Gasteiger partial charge in [-0.1, -0.05) is 30.4 Å². The number of hydrogen-bond acceptors (Lipinski definition) is 5. The van der Waals surface area contributed by atoms with Gasteiger partial charge in [0, 0.05) is 32.5 Å². The lowest BCUT2D eigenvalue weighted by Gasteiger charge is -2.27. The number of benzene rings is 1. The quantitative estimate of drug-likeness (QED) is 0.670. The van der Waals surface area contributed by atoms with Crippen LogP contribution in [0.2, 0.25) is 0 Å². The van der Waals surface area contributed by atoms with Crippen molar-refractivity contribution < 1.29 is 19.1 Å². The largest absolute Gasteiger partial charge is 0.497 e. The van der Waals surface area contributed by atoms with Gasteiger partial charge in [-0.25, -0.2) is 0 Å². The smallest absolute Gasteiger partial charge is 0.230 e. The molecule has 160 valence electrons. The molecule has 2 aromatic rings. The van der Waals surface area contributed by atoms with E-state index in [-0.39, 0.29) is 17.9 Å². The van der Waals surface area contributed by atoms with Gasteiger partial charge in [0.2, 0.25) is 11.8 Å². The Balaban J connectivity index is 1.35. The molecule has 2 unspecified atom stereocenters. The molecule has 0 radical (unpaired) electrons. The molecule has 1 aromatic carbocycles. The highest BCUT2D eigenvalue weighted by Crippen LogP contribution is 2.52. The number of pyridine rings is 1. The summed E-state index contributed by atoms with van der Waals surface area (Å²) in [7, 11) is 3.39. The summed E-state index contributed by atoms with van der Waals surface area (Å²) in [6, 6.07) is 11.5. The molecule has 1 spiro atoms. The molecule has 4 atom stereocenters. The lowest BCUT2D eigenvalue weighted by molar-refractivity contribution is -0.142. The Morgan fingerprint density at radius 3 is 2.94 bits per heavy atom. The van der Waals surface area contributed by atoms with Gasteiger partial charge in [-0.2, -0.15) is 0 Å². The number of ether oxygens (including phenoxy) is 2. The van der Waals surface area contributed by atoms with Crippen LogP contribution in [0.25, 0.3) is 0 Å². The summed E-state index contributed by atoms with van der Waals surface area (Å²) in [6.45, 7) is 1.36. The number of fused-ring (bicyclic) bond motifs is 1. The van der Waals surface area contributed by atoms with Crippen molar-refractivity contribution in [1.29, 1.82) is 0 Å². The van der Waals surface area contributed by atoms with Gasteiger partial charge in [-0.05, 0) is 29.3 Å². The van der Waals surface area contributed by atoms with Crippen LogP contribution in [-0.2, 0) is 27.4 Å². The van der Waals surface area contributed by atoms with E-state index in [0.717, 1.165) is 16.9 Å². The minimum atomic E-state index is -0.712. The fourth-order valence-corrected chi connectivity index (χ4v) is 5.08. The second kappa shape index (κ2) is 7.50. The molecular formula is C24H25N3O4. The van der Waals surface area contributed by atoms with Crippen molar-refractivity contribution in [3.8, 4) is 5.75 Å². The minimum absolute atomic E-state index is 0.0252. The van der Waals surface area contributed by atoms with E-state index in [9.17, 15) is 9.59 Å². The third-order valence-corrected chi connectivity index (χ3v) is 6.49. The number of likely N-dealkylation sites (tertiary alicyclic amines) is 1. The fraction of sp³-hybridized carbons (Fsp3) is 0.375. The van der Waals surface area contributed by atoms with Crippen LogP contribution in [0.3, 0.4) is 0 Å². The molecule has 4 heterocycles. The van der Waals surface area contributed by atoms with Gasteiger partial charge in [0.15, 0.2) is 0 Å². The highest BCUT2D eigenvalue weighted by atomic mass is 16.5. The Hall–Kier alpha value is -3.19. The molecule has 5 rings (SSSR count). The molecule has 0 N–H and O–H groups in total. The van der Waals surface area contributed by atoms with E-state index in [4.69, 9.17) is 9.47 Å². The van der Waals surface area contributed by atoms with E-state index < -0.39 is 17.4 Å². The Morgan fingerprint density at radius 2 is 2.16 bits per heavy atom. The molecule has 3 aliphatic rings. The van der Waals surface area contributed by atoms with E-state index >= 15 is 0 Å². The maximum absolute atomic E-state index is 13.4. The van der Waals surface area contributed by atoms with Gasteiger partial charge < -0.3 is 19.3 Å². The van der Waals surface area contributed by atoms with Crippen LogP contribution in [-0.4, -0.2) is 59.0 Å². The number of hydrogen-bond donors (Lipinski definition) is 0. The SMILES string of the molecule is COc1cccc(CN2C[C@]34C=C[C@H](O3)C(C(=O)N(C)Cc3cccnc3)C4C2=O)c1. The van der Waals surface area contributed by atoms with Crippen molar-refractivity contribution in [2.24, 2.45) is 11.8 Å². The molecule has 31 heavy (non-hydrogen) atoms. The summed E-state index contributed by atoms with van der Waals surface area (Å²) < 4.78 is 11.5. The maximum Gasteiger partial charge on any atom is 0.230 e. The molecule has 3 aliphatic heterocycles. The van der Waals surface area contributed by atoms with Crippen molar-refractivity contribution >= 4 is 11.8 Å². The average molecular weight is 419 g/mol. The summed E-state index contributed by atoms with van der Waals surface area (Å²) in [5.41, 5.74) is 1.22. The Morgan fingerprint density at radius 1 is 1.32 bits per heavy atom. The predicted octanol–water partition coefficient (Wildman–Crippen LogP) is 2.03. The highest BCUT2D eigenvalue weighted by molar-refractivity contribution is 5.93. The third kappa shape index (κ3) is 3.29. The molecule has 0 saturated carbocycles. The second-order valence-corrected chi connectivity index (χ2v) is 8.50. The normalized spacial score (nSPS) is 28.1. The number of amides is 2. The van der Waals surface area contributed by atoms with Crippen molar-refractivity contribution in [3.05, 3.63) is 72.1 Å². The molecule has 2 fully saturated rings. The summed E-state index contributed by atoms with van der Waals surface area (Å²) in [6.07, 6.45) is 7.03. The Kier molecular flexibility index (Phi) is 4.78. The summed E-state index contributed by atoms with van der Waals surface area (Å²) in [5.74, 6) is -0.333. The molecule has 2 bridgehead atoms. The van der Waals surface area contributed by atoms with Crippen LogP contribution < -0.4 is 4.74 Å². The monoisotopic (exact) mass is 419 g/mol. The van der Waals surface area contributed by atoms with Crippen molar-refractivity contribution in [2.75, 3.05) is 20.7 Å². The number of carbonyl (C=O) groups excluding carboxylic acids is 2. The number of methoxy groups -OCH3 is 1. The number of rotatable bonds is 6. The van der Waals surface area contributed by atoms with Crippen molar-refractivity contribution in [2.45, 2.75) is 24.8 Å². The maximum atomic E-state index is 13.4. The van der Waals surface area contributed by atoms with Gasteiger partial charge in [0.1, 0.15) is 11.4 Å². The predicted molar refractivity (Wildman–Crippen MR) is 113 cm³/mol. The number of carbonyl (C=O) groups is 2. The lowest BCUT2D eigenvalue weighted by atomic mass is 9.76. The van der Waals surface area contributed by atoms with Crippen LogP contribution in [0.1, 0.15) is 11.1 Å². The lowest BCUT2D eigenvalue weighted by Crippen LogP contribution is -2.44. The zero-order chi connectivity index (χ0) is 21.6. The first-order chi connectivity index (χ1) is 15.0. The first-order valence-electron chi connectivity index (χ1n) is 10.4. The van der Waals surface area contributed by atoms with Crippen molar-refractivity contribution in [1.82, 2.24) is 14.8 Å². The van der Waals surface area contributed by atoms with E-state index in [1.54, 1.807) is 36.4 Å². The zero-order valence-electron chi connectivity index (χ0n) is 17.6. The second-order valence-electron chi connectivity index (χ2n) is 8.50. The topological polar surface area (TPSA) is 72.0 Å². The number of nitrogens with zero attached hydrogens (tertiary/aromatic N) is 3. The van der Waals surface area contributed by atoms with E-state index in [2.05, 4.69) is 4.98 Å². The standard InChI is InChI=1S/C24H25N3O4/c1-26(13-17-6-4-10-25-12-17)22(28)20-19-8-9-24(31-19)15-27(23(29)21(20)24)14-16-5-3-7-18(11-16)30-2/h3-12,19-21H,13-15H2,1-2H3/t19-,20?,21?,24-/m0/s1. The molecular weight excluding hydrogens is 394 g/mol. The molecule has 2 saturated heterocycles. The van der Waals surface area contributed by atoms with E-state index in [0.29, 0.717) is 19.6 Å². The first-order valence-corrected chi connectivity index (χ1v) is 10.4. The fourth-order valence-electron chi connectivity index (χ4n) is 5.08. The van der Waals surface area contributed by atoms with E-state index in [1.165, 1.54) is 0 Å². The van der Waals surface area contributed by atoms with Crippen LogP contribution in [0, 0.1) is 11.8 Å². The highest BCUT2D eigenvalue weighted by Gasteiger charge is 2.67. The van der Waals surface area contributed by atoms with Crippen LogP contribution >= 0.6 is 0 Å². The Labute approximate surface area is 181 Å². The van der Waals surface area contributed by atoms with Crippen LogP contribution in [0.5, 0.6) is 5.75 Å². The summed E-state index contributed by atoms with van der Waals surface area (Å²) >= 11 is 0. The molecule has 1 aromatic heterocycles. The van der Waals surface area contributed by atoms with Gasteiger partial charge in [0.25, 0.3) is 0 Å². The minimum Gasteiger partial charge on any atom is -0.497 e. The zero-order valence-corrected chi connectivity index (χ0v) is 17.6. The van der Waals surface area contributed by atoms with Crippen molar-refractivity contribution in [3.63, 3.8) is 0 Å². The number of aromatic nitrogens is 1. The summed E-state index contributed by atoms with van der Waals surface area (Å²) in [5, 5.41) is 0. The summed E-state index contributed by atoms with van der Waals surface area (Å²) in [4.78, 5) is 34.4. The van der Waals surface area contributed by atoms with E-state index in [1.807, 2.05) is 48.6 Å². The van der Waals surface area contributed by atoms with Crippen LogP contribution in [0.15, 0.2) is 60.9 Å². The average Bonchev–Trinajstić information content (AvgIpc) is 3.42. The molecule has 7 heteroatoms. The molecule has 2 amide bonds. The van der Waals surface area contributed by atoms with Gasteiger partial charge in [-0.3, -0.25) is 14.6 Å². The molecule has 0 aliphatic carbocycles. The van der Waals surface area contributed by atoms with Gasteiger partial charge in [-0.15, -0.1) is 0 Å². The first kappa shape index (κ1) is 19.8. The third-order valence-electron chi connectivity index (χ3n) is 6.49.